The average molecular weight is 466 g/mol. The lowest BCUT2D eigenvalue weighted by Crippen LogP contribution is -2.37. The van der Waals surface area contributed by atoms with E-state index < -0.39 is 10.0 Å². The Balaban J connectivity index is 1.65. The van der Waals surface area contributed by atoms with Crippen LogP contribution in [-0.4, -0.2) is 49.8 Å². The number of nitrogens with zero attached hydrogens (tertiary/aromatic N) is 3. The first-order valence-corrected chi connectivity index (χ1v) is 12.0. The fraction of sp³-hybridized carbons (Fsp3) is 0.381. The fourth-order valence-corrected chi connectivity index (χ4v) is 6.19. The van der Waals surface area contributed by atoms with Crippen molar-refractivity contribution in [3.05, 3.63) is 52.0 Å². The minimum Gasteiger partial charge on any atom is -0.456 e. The SMILES string of the molecule is N#Cc1ccc(Oc2cc(Cl)cc(Cl)c2)c(S(=O)(=O)N2CCC(N3CCCC3)C2)c1. The molecule has 0 spiro atoms. The van der Waals surface area contributed by atoms with Gasteiger partial charge in [-0.25, -0.2) is 8.42 Å². The van der Waals surface area contributed by atoms with Gasteiger partial charge in [-0.3, -0.25) is 4.90 Å². The van der Waals surface area contributed by atoms with Crippen molar-refractivity contribution >= 4 is 33.2 Å². The maximum absolute atomic E-state index is 13.5. The number of rotatable bonds is 5. The highest BCUT2D eigenvalue weighted by molar-refractivity contribution is 7.89. The predicted octanol–water partition coefficient (Wildman–Crippen LogP) is 4.52. The Labute approximate surface area is 186 Å². The highest BCUT2D eigenvalue weighted by Crippen LogP contribution is 2.35. The molecule has 0 aliphatic carbocycles. The summed E-state index contributed by atoms with van der Waals surface area (Å²) in [6, 6.07) is 11.3. The molecule has 2 heterocycles. The molecule has 0 radical (unpaired) electrons. The highest BCUT2D eigenvalue weighted by atomic mass is 35.5. The fourth-order valence-electron chi connectivity index (χ4n) is 4.05. The van der Waals surface area contributed by atoms with Gasteiger partial charge in [-0.15, -0.1) is 0 Å². The summed E-state index contributed by atoms with van der Waals surface area (Å²) in [7, 11) is -3.84. The summed E-state index contributed by atoms with van der Waals surface area (Å²) in [5.41, 5.74) is 0.250. The van der Waals surface area contributed by atoms with Crippen LogP contribution in [-0.2, 0) is 10.0 Å². The average Bonchev–Trinajstić information content (AvgIpc) is 3.39. The maximum Gasteiger partial charge on any atom is 0.246 e. The number of nitriles is 1. The molecule has 0 bridgehead atoms. The van der Waals surface area contributed by atoms with Crippen molar-refractivity contribution in [2.45, 2.75) is 30.2 Å². The van der Waals surface area contributed by atoms with E-state index >= 15 is 0 Å². The lowest BCUT2D eigenvalue weighted by molar-refractivity contribution is 0.251. The smallest absolute Gasteiger partial charge is 0.246 e. The van der Waals surface area contributed by atoms with Gasteiger partial charge in [0.15, 0.2) is 0 Å². The Morgan fingerprint density at radius 2 is 1.73 bits per heavy atom. The number of sulfonamides is 1. The van der Waals surface area contributed by atoms with Gasteiger partial charge in [-0.2, -0.15) is 9.57 Å². The van der Waals surface area contributed by atoms with Gasteiger partial charge >= 0.3 is 0 Å². The zero-order chi connectivity index (χ0) is 21.3. The summed E-state index contributed by atoms with van der Waals surface area (Å²) in [4.78, 5) is 2.34. The molecule has 0 amide bonds. The Morgan fingerprint density at radius 3 is 2.40 bits per heavy atom. The van der Waals surface area contributed by atoms with Gasteiger partial charge in [0.2, 0.25) is 10.0 Å². The van der Waals surface area contributed by atoms with Gasteiger partial charge in [0, 0.05) is 29.2 Å². The van der Waals surface area contributed by atoms with Crippen LogP contribution in [0.3, 0.4) is 0 Å². The summed E-state index contributed by atoms with van der Waals surface area (Å²) in [6.07, 6.45) is 3.12. The molecule has 158 valence electrons. The van der Waals surface area contributed by atoms with Crippen molar-refractivity contribution in [1.29, 1.82) is 5.26 Å². The molecule has 9 heteroatoms. The van der Waals surface area contributed by atoms with Crippen LogP contribution in [0, 0.1) is 11.3 Å². The molecule has 2 saturated heterocycles. The molecule has 0 saturated carbocycles. The van der Waals surface area contributed by atoms with Crippen molar-refractivity contribution < 1.29 is 13.2 Å². The van der Waals surface area contributed by atoms with Gasteiger partial charge in [0.05, 0.1) is 11.6 Å². The number of ether oxygens (including phenoxy) is 1. The van der Waals surface area contributed by atoms with Gasteiger partial charge in [-0.05, 0) is 68.8 Å². The number of likely N-dealkylation sites (tertiary alicyclic amines) is 1. The zero-order valence-corrected chi connectivity index (χ0v) is 18.6. The van der Waals surface area contributed by atoms with Gasteiger partial charge in [0.1, 0.15) is 16.4 Å². The van der Waals surface area contributed by atoms with E-state index in [1.807, 2.05) is 6.07 Å². The van der Waals surface area contributed by atoms with Crippen LogP contribution in [0.2, 0.25) is 10.0 Å². The van der Waals surface area contributed by atoms with Gasteiger partial charge in [0.25, 0.3) is 0 Å². The second-order valence-corrected chi connectivity index (χ2v) is 10.3. The molecule has 0 N–H and O–H groups in total. The Bertz CT molecular complexity index is 1070. The van der Waals surface area contributed by atoms with E-state index in [1.165, 1.54) is 22.5 Å². The van der Waals surface area contributed by atoms with E-state index in [2.05, 4.69) is 4.90 Å². The minimum atomic E-state index is -3.84. The number of benzene rings is 2. The standard InChI is InChI=1S/C21H21Cl2N3O3S/c22-16-10-17(23)12-19(11-16)29-20-4-3-15(13-24)9-21(20)30(27,28)26-8-5-18(14-26)25-6-1-2-7-25/h3-4,9-12,18H,1-2,5-8,14H2. The van der Waals surface area contributed by atoms with Gasteiger partial charge in [-0.1, -0.05) is 23.2 Å². The molecule has 6 nitrogen and oxygen atoms in total. The second-order valence-electron chi connectivity index (χ2n) is 7.53. The molecule has 2 aliphatic rings. The molecule has 2 fully saturated rings. The normalized spacial score (nSPS) is 20.4. The van der Waals surface area contributed by atoms with E-state index in [4.69, 9.17) is 27.9 Å². The van der Waals surface area contributed by atoms with E-state index in [0.717, 1.165) is 32.4 Å². The first kappa shape index (κ1) is 21.4. The van der Waals surface area contributed by atoms with E-state index in [-0.39, 0.29) is 22.3 Å². The molecule has 2 aromatic carbocycles. The van der Waals surface area contributed by atoms with Crippen LogP contribution < -0.4 is 4.74 Å². The zero-order valence-electron chi connectivity index (χ0n) is 16.2. The number of halogens is 2. The van der Waals surface area contributed by atoms with Crippen LogP contribution in [0.15, 0.2) is 41.3 Å². The third kappa shape index (κ3) is 4.43. The Hall–Kier alpha value is -1.82. The van der Waals surface area contributed by atoms with Crippen molar-refractivity contribution in [3.8, 4) is 17.6 Å². The van der Waals surface area contributed by atoms with Crippen molar-refractivity contribution in [1.82, 2.24) is 9.21 Å². The lowest BCUT2D eigenvalue weighted by atomic mass is 10.2. The van der Waals surface area contributed by atoms with E-state index in [9.17, 15) is 13.7 Å². The lowest BCUT2D eigenvalue weighted by Gasteiger charge is -2.24. The van der Waals surface area contributed by atoms with Crippen molar-refractivity contribution in [3.63, 3.8) is 0 Å². The molecule has 0 aromatic heterocycles. The Kier molecular flexibility index (Phi) is 6.24. The summed E-state index contributed by atoms with van der Waals surface area (Å²) in [5.74, 6) is 0.460. The van der Waals surface area contributed by atoms with Crippen LogP contribution in [0.4, 0.5) is 0 Å². The highest BCUT2D eigenvalue weighted by Gasteiger charge is 2.37. The second kappa shape index (κ2) is 8.74. The van der Waals surface area contributed by atoms with Crippen LogP contribution >= 0.6 is 23.2 Å². The summed E-state index contributed by atoms with van der Waals surface area (Å²) >= 11 is 12.1. The molecule has 30 heavy (non-hydrogen) atoms. The predicted molar refractivity (Wildman–Crippen MR) is 116 cm³/mol. The Morgan fingerprint density at radius 1 is 1.03 bits per heavy atom. The van der Waals surface area contributed by atoms with E-state index in [1.54, 1.807) is 18.2 Å². The number of hydrogen-bond donors (Lipinski definition) is 0. The topological polar surface area (TPSA) is 73.6 Å². The van der Waals surface area contributed by atoms with E-state index in [0.29, 0.717) is 28.9 Å². The molecular weight excluding hydrogens is 445 g/mol. The van der Waals surface area contributed by atoms with Crippen LogP contribution in [0.25, 0.3) is 0 Å². The van der Waals surface area contributed by atoms with Gasteiger partial charge < -0.3 is 4.74 Å². The van der Waals surface area contributed by atoms with Crippen molar-refractivity contribution in [2.75, 3.05) is 26.2 Å². The molecular formula is C21H21Cl2N3O3S. The molecule has 1 unspecified atom stereocenters. The molecule has 2 aliphatic heterocycles. The largest absolute Gasteiger partial charge is 0.456 e. The summed E-state index contributed by atoms with van der Waals surface area (Å²) in [5, 5.41) is 10.0. The third-order valence-electron chi connectivity index (χ3n) is 5.54. The number of hydrogen-bond acceptors (Lipinski definition) is 5. The third-order valence-corrected chi connectivity index (χ3v) is 7.86. The molecule has 2 aromatic rings. The monoisotopic (exact) mass is 465 g/mol. The maximum atomic E-state index is 13.5. The molecule has 1 atom stereocenters. The van der Waals surface area contributed by atoms with Crippen LogP contribution in [0.5, 0.6) is 11.5 Å². The molecule has 4 rings (SSSR count). The first-order valence-electron chi connectivity index (χ1n) is 9.79. The summed E-state index contributed by atoms with van der Waals surface area (Å²) < 4.78 is 34.3. The van der Waals surface area contributed by atoms with Crippen LogP contribution in [0.1, 0.15) is 24.8 Å². The summed E-state index contributed by atoms with van der Waals surface area (Å²) in [6.45, 7) is 2.93. The quantitative estimate of drug-likeness (QED) is 0.648. The first-order chi connectivity index (χ1) is 14.4. The minimum absolute atomic E-state index is 0.0280. The van der Waals surface area contributed by atoms with Crippen molar-refractivity contribution in [2.24, 2.45) is 0 Å².